The largest absolute Gasteiger partial charge is 0.360 e. The molecule has 0 unspecified atom stereocenters. The van der Waals surface area contributed by atoms with Crippen molar-refractivity contribution < 1.29 is 14.1 Å². The van der Waals surface area contributed by atoms with Gasteiger partial charge >= 0.3 is 0 Å². The summed E-state index contributed by atoms with van der Waals surface area (Å²) in [5.74, 6) is -0.0401. The zero-order valence-electron chi connectivity index (χ0n) is 18.9. The first-order chi connectivity index (χ1) is 15.3. The number of benzene rings is 1. The smallest absolute Gasteiger partial charge is 0.245 e. The van der Waals surface area contributed by atoms with Gasteiger partial charge in [-0.05, 0) is 44.7 Å². The average Bonchev–Trinajstić information content (AvgIpc) is 3.53. The Morgan fingerprint density at radius 1 is 1.28 bits per heavy atom. The number of thiazole rings is 1. The number of hydrogen-bond acceptors (Lipinski definition) is 6. The standard InChI is InChI=1S/C24H28N4O3S/c1-15-12-21(31-26-15)16(2)23(29)28-11-5-6-20(28)24(30)27(4)13-18-7-9-19(10-8-18)22-17(3)25-14-32-22/h7-10,12,14,16,20H,5-6,11,13H2,1-4H3/t16-,20-/m0/s1. The average molecular weight is 453 g/mol. The van der Waals surface area contributed by atoms with Gasteiger partial charge in [-0.2, -0.15) is 0 Å². The quantitative estimate of drug-likeness (QED) is 0.561. The third-order valence-corrected chi connectivity index (χ3v) is 7.00. The van der Waals surface area contributed by atoms with Gasteiger partial charge in [0.15, 0.2) is 0 Å². The number of likely N-dealkylation sites (N-methyl/N-ethyl adjacent to an activating group) is 1. The summed E-state index contributed by atoms with van der Waals surface area (Å²) in [7, 11) is 1.80. The van der Waals surface area contributed by atoms with E-state index in [0.717, 1.165) is 33.8 Å². The van der Waals surface area contributed by atoms with Gasteiger partial charge in [0, 0.05) is 26.2 Å². The highest BCUT2D eigenvalue weighted by atomic mass is 32.1. The Morgan fingerprint density at radius 2 is 2.03 bits per heavy atom. The van der Waals surface area contributed by atoms with Crippen molar-refractivity contribution in [1.82, 2.24) is 19.9 Å². The molecule has 0 aliphatic carbocycles. The summed E-state index contributed by atoms with van der Waals surface area (Å²) in [6.45, 7) is 6.72. The lowest BCUT2D eigenvalue weighted by molar-refractivity contribution is -0.144. The fourth-order valence-corrected chi connectivity index (χ4v) is 5.00. The van der Waals surface area contributed by atoms with E-state index in [1.807, 2.05) is 31.5 Å². The van der Waals surface area contributed by atoms with Crippen LogP contribution in [0.4, 0.5) is 0 Å². The molecular formula is C24H28N4O3S. The van der Waals surface area contributed by atoms with E-state index in [4.69, 9.17) is 4.52 Å². The zero-order valence-corrected chi connectivity index (χ0v) is 19.7. The molecule has 0 radical (unpaired) electrons. The SMILES string of the molecule is Cc1cc([C@H](C)C(=O)N2CCC[C@H]2C(=O)N(C)Cc2ccc(-c3scnc3C)cc2)on1. The van der Waals surface area contributed by atoms with Crippen LogP contribution < -0.4 is 0 Å². The monoisotopic (exact) mass is 452 g/mol. The summed E-state index contributed by atoms with van der Waals surface area (Å²) in [5, 5.41) is 3.88. The third kappa shape index (κ3) is 4.46. The first kappa shape index (κ1) is 22.2. The number of carbonyl (C=O) groups is 2. The minimum Gasteiger partial charge on any atom is -0.360 e. The van der Waals surface area contributed by atoms with Gasteiger partial charge in [-0.1, -0.05) is 29.4 Å². The van der Waals surface area contributed by atoms with Crippen LogP contribution in [0.15, 0.2) is 40.4 Å². The van der Waals surface area contributed by atoms with Crippen LogP contribution in [0.3, 0.4) is 0 Å². The van der Waals surface area contributed by atoms with Crippen LogP contribution in [-0.4, -0.2) is 51.4 Å². The molecule has 32 heavy (non-hydrogen) atoms. The van der Waals surface area contributed by atoms with E-state index >= 15 is 0 Å². The molecule has 3 aromatic rings. The van der Waals surface area contributed by atoms with E-state index in [1.165, 1.54) is 0 Å². The van der Waals surface area contributed by atoms with Gasteiger partial charge < -0.3 is 14.3 Å². The van der Waals surface area contributed by atoms with Crippen LogP contribution in [0.1, 0.15) is 48.4 Å². The molecule has 0 bridgehead atoms. The molecule has 2 atom stereocenters. The van der Waals surface area contributed by atoms with Gasteiger partial charge in [0.2, 0.25) is 11.8 Å². The lowest BCUT2D eigenvalue weighted by atomic mass is 10.1. The van der Waals surface area contributed by atoms with Crippen LogP contribution in [0, 0.1) is 13.8 Å². The number of likely N-dealkylation sites (tertiary alicyclic amines) is 1. The molecule has 4 rings (SSSR count). The third-order valence-electron chi connectivity index (χ3n) is 6.02. The number of rotatable bonds is 6. The number of aryl methyl sites for hydroxylation is 2. The second-order valence-corrected chi connectivity index (χ2v) is 9.29. The van der Waals surface area contributed by atoms with Crippen molar-refractivity contribution in [2.24, 2.45) is 0 Å². The van der Waals surface area contributed by atoms with Crippen molar-refractivity contribution in [3.8, 4) is 10.4 Å². The highest BCUT2D eigenvalue weighted by molar-refractivity contribution is 7.13. The Balaban J connectivity index is 1.41. The second kappa shape index (κ2) is 9.24. The van der Waals surface area contributed by atoms with Crippen LogP contribution in [0.5, 0.6) is 0 Å². The van der Waals surface area contributed by atoms with Crippen molar-refractivity contribution >= 4 is 23.2 Å². The molecule has 168 valence electrons. The minimum absolute atomic E-state index is 0.0285. The molecule has 1 fully saturated rings. The molecule has 2 amide bonds. The van der Waals surface area contributed by atoms with E-state index in [-0.39, 0.29) is 11.8 Å². The van der Waals surface area contributed by atoms with Crippen molar-refractivity contribution in [2.45, 2.75) is 52.1 Å². The molecule has 1 aliphatic rings. The Hall–Kier alpha value is -3.00. The van der Waals surface area contributed by atoms with Crippen LogP contribution in [0.25, 0.3) is 10.4 Å². The first-order valence-electron chi connectivity index (χ1n) is 10.8. The normalized spacial score (nSPS) is 16.9. The van der Waals surface area contributed by atoms with Gasteiger partial charge in [0.1, 0.15) is 11.8 Å². The van der Waals surface area contributed by atoms with Crippen LogP contribution in [-0.2, 0) is 16.1 Å². The molecule has 0 spiro atoms. The highest BCUT2D eigenvalue weighted by Crippen LogP contribution is 2.28. The summed E-state index contributed by atoms with van der Waals surface area (Å²) in [4.78, 5) is 35.2. The van der Waals surface area contributed by atoms with Crippen molar-refractivity contribution in [1.29, 1.82) is 0 Å². The van der Waals surface area contributed by atoms with Gasteiger partial charge in [-0.15, -0.1) is 11.3 Å². The number of hydrogen-bond donors (Lipinski definition) is 0. The molecule has 1 aliphatic heterocycles. The van der Waals surface area contributed by atoms with Crippen LogP contribution >= 0.6 is 11.3 Å². The number of amides is 2. The fraction of sp³-hybridized carbons (Fsp3) is 0.417. The van der Waals surface area contributed by atoms with Crippen molar-refractivity contribution in [3.63, 3.8) is 0 Å². The first-order valence-corrected chi connectivity index (χ1v) is 11.7. The number of carbonyl (C=O) groups excluding carboxylic acids is 2. The van der Waals surface area contributed by atoms with E-state index in [0.29, 0.717) is 25.3 Å². The maximum absolute atomic E-state index is 13.2. The minimum atomic E-state index is -0.461. The topological polar surface area (TPSA) is 79.5 Å². The Bertz CT molecular complexity index is 1100. The Morgan fingerprint density at radius 3 is 2.66 bits per heavy atom. The Kier molecular flexibility index (Phi) is 6.41. The summed E-state index contributed by atoms with van der Waals surface area (Å²) in [6, 6.07) is 9.58. The molecule has 7 nitrogen and oxygen atoms in total. The summed E-state index contributed by atoms with van der Waals surface area (Å²) < 4.78 is 5.28. The number of nitrogens with zero attached hydrogens (tertiary/aromatic N) is 4. The number of aromatic nitrogens is 2. The molecule has 1 saturated heterocycles. The van der Waals surface area contributed by atoms with Gasteiger partial charge in [-0.25, -0.2) is 4.98 Å². The predicted octanol–water partition coefficient (Wildman–Crippen LogP) is 4.17. The maximum atomic E-state index is 13.2. The lowest BCUT2D eigenvalue weighted by Gasteiger charge is -2.29. The Labute approximate surface area is 192 Å². The zero-order chi connectivity index (χ0) is 22.8. The molecular weight excluding hydrogens is 424 g/mol. The lowest BCUT2D eigenvalue weighted by Crippen LogP contribution is -2.47. The van der Waals surface area contributed by atoms with E-state index < -0.39 is 12.0 Å². The predicted molar refractivity (Wildman–Crippen MR) is 123 cm³/mol. The van der Waals surface area contributed by atoms with E-state index in [2.05, 4.69) is 22.3 Å². The molecule has 1 aromatic carbocycles. The molecule has 2 aromatic heterocycles. The van der Waals surface area contributed by atoms with Gasteiger partial charge in [0.05, 0.1) is 27.7 Å². The van der Waals surface area contributed by atoms with Crippen molar-refractivity contribution in [2.75, 3.05) is 13.6 Å². The molecule has 0 saturated carbocycles. The highest BCUT2D eigenvalue weighted by Gasteiger charge is 2.38. The van der Waals surface area contributed by atoms with Gasteiger partial charge in [0.25, 0.3) is 0 Å². The maximum Gasteiger partial charge on any atom is 0.245 e. The van der Waals surface area contributed by atoms with E-state index in [9.17, 15) is 9.59 Å². The van der Waals surface area contributed by atoms with Gasteiger partial charge in [-0.3, -0.25) is 9.59 Å². The second-order valence-electron chi connectivity index (χ2n) is 8.44. The van der Waals surface area contributed by atoms with Crippen molar-refractivity contribution in [3.05, 3.63) is 58.6 Å². The molecule has 8 heteroatoms. The summed E-state index contributed by atoms with van der Waals surface area (Å²) >= 11 is 1.63. The summed E-state index contributed by atoms with van der Waals surface area (Å²) in [6.07, 6.45) is 1.50. The summed E-state index contributed by atoms with van der Waals surface area (Å²) in [5.41, 5.74) is 5.80. The fourth-order valence-electron chi connectivity index (χ4n) is 4.19. The van der Waals surface area contributed by atoms with E-state index in [1.54, 1.807) is 41.2 Å². The molecule has 0 N–H and O–H groups in total. The van der Waals surface area contributed by atoms with Crippen LogP contribution in [0.2, 0.25) is 0 Å². The molecule has 3 heterocycles.